The van der Waals surface area contributed by atoms with Crippen LogP contribution in [0, 0.1) is 23.7 Å². The molecule has 0 spiro atoms. The van der Waals surface area contributed by atoms with Crippen LogP contribution < -0.4 is 11.1 Å². The number of aliphatic hydroxyl groups is 1. The number of primary amides is 1. The number of phenols is 1. The van der Waals surface area contributed by atoms with Gasteiger partial charge < -0.3 is 21.3 Å². The molecular formula is C28H26N2O8. The average Bonchev–Trinajstić information content (AvgIpc) is 2.85. The van der Waals surface area contributed by atoms with Crippen LogP contribution in [0.3, 0.4) is 0 Å². The highest BCUT2D eigenvalue weighted by molar-refractivity contribution is 6.31. The standard InChI is InChI=1S/C28H26N2O8/c1-12(31)30-11-13-2-4-14(5-3-13)17-6-7-19(32)22-18(17)9-15-8-16-10-20(33)23(27(29)37)26(36)28(16,38)25(35)21(15)24(22)34/h2-7,15-16,21,23,32,38H,8-11H2,1H3,(H2,29,37)(H,30,31)/t15-,16+,21?,23?,28+/m1/s1. The maximum absolute atomic E-state index is 13.7. The molecule has 10 heteroatoms. The minimum atomic E-state index is -2.67. The van der Waals surface area contributed by atoms with Gasteiger partial charge in [0.15, 0.2) is 34.7 Å². The molecule has 3 aliphatic rings. The third kappa shape index (κ3) is 3.75. The number of aromatic hydroxyl groups is 1. The molecule has 10 nitrogen and oxygen atoms in total. The van der Waals surface area contributed by atoms with E-state index in [1.54, 1.807) is 6.07 Å². The number of hydrogen-bond acceptors (Lipinski definition) is 8. The molecule has 196 valence electrons. The van der Waals surface area contributed by atoms with Crippen LogP contribution in [0.4, 0.5) is 0 Å². The number of amides is 2. The van der Waals surface area contributed by atoms with Crippen molar-refractivity contribution in [3.05, 3.63) is 53.1 Å². The SMILES string of the molecule is CC(=O)NCc1ccc(-c2ccc(O)c3c2C[C@H]2C[C@H]4CC(=O)C(C(N)=O)C(=O)[C@@]4(O)C(=O)C2C3=O)cc1. The molecule has 0 aromatic heterocycles. The Balaban J connectivity index is 1.53. The Morgan fingerprint density at radius 2 is 1.71 bits per heavy atom. The molecule has 0 bridgehead atoms. The molecule has 5 atom stereocenters. The van der Waals surface area contributed by atoms with Gasteiger partial charge in [0.05, 0.1) is 11.5 Å². The van der Waals surface area contributed by atoms with Gasteiger partial charge >= 0.3 is 0 Å². The highest BCUT2D eigenvalue weighted by Gasteiger charge is 2.66. The Labute approximate surface area is 217 Å². The van der Waals surface area contributed by atoms with Crippen molar-refractivity contribution in [1.29, 1.82) is 0 Å². The molecule has 5 rings (SSSR count). The molecule has 2 amide bonds. The molecular weight excluding hydrogens is 492 g/mol. The second kappa shape index (κ2) is 8.98. The first kappa shape index (κ1) is 25.5. The summed E-state index contributed by atoms with van der Waals surface area (Å²) in [4.78, 5) is 75.7. The van der Waals surface area contributed by atoms with Crippen molar-refractivity contribution >= 4 is 34.9 Å². The van der Waals surface area contributed by atoms with Crippen LogP contribution in [0.1, 0.15) is 41.3 Å². The van der Waals surface area contributed by atoms with Gasteiger partial charge in [-0.25, -0.2) is 0 Å². The maximum atomic E-state index is 13.7. The zero-order valence-corrected chi connectivity index (χ0v) is 20.5. The minimum Gasteiger partial charge on any atom is -0.507 e. The minimum absolute atomic E-state index is 0.0335. The Morgan fingerprint density at radius 3 is 2.34 bits per heavy atom. The molecule has 0 radical (unpaired) electrons. The van der Waals surface area contributed by atoms with E-state index in [1.165, 1.54) is 13.0 Å². The number of nitrogens with two attached hydrogens (primary N) is 1. The second-order valence-corrected chi connectivity index (χ2v) is 10.3. The van der Waals surface area contributed by atoms with Gasteiger partial charge in [-0.3, -0.25) is 28.8 Å². The number of Topliss-reactive ketones (excluding diaryl/α,β-unsaturated/α-hetero) is 4. The summed E-state index contributed by atoms with van der Waals surface area (Å²) in [5.74, 6) is -10.5. The van der Waals surface area contributed by atoms with Crippen LogP contribution in [-0.4, -0.2) is 50.8 Å². The molecule has 38 heavy (non-hydrogen) atoms. The Hall–Kier alpha value is -4.18. The van der Waals surface area contributed by atoms with Crippen molar-refractivity contribution in [2.45, 2.75) is 38.3 Å². The van der Waals surface area contributed by atoms with E-state index in [0.717, 1.165) is 11.1 Å². The summed E-state index contributed by atoms with van der Waals surface area (Å²) in [6, 6.07) is 10.3. The molecule has 0 aliphatic heterocycles. The molecule has 2 unspecified atom stereocenters. The third-order valence-electron chi connectivity index (χ3n) is 8.09. The van der Waals surface area contributed by atoms with Crippen molar-refractivity contribution in [3.8, 4) is 16.9 Å². The first-order valence-electron chi connectivity index (χ1n) is 12.3. The largest absolute Gasteiger partial charge is 0.507 e. The number of carbonyl (C=O) groups is 6. The van der Waals surface area contributed by atoms with Crippen LogP contribution in [-0.2, 0) is 36.9 Å². The molecule has 3 aliphatic carbocycles. The van der Waals surface area contributed by atoms with E-state index < -0.39 is 58.3 Å². The number of fused-ring (bicyclic) bond motifs is 3. The van der Waals surface area contributed by atoms with E-state index >= 15 is 0 Å². The third-order valence-corrected chi connectivity index (χ3v) is 8.09. The van der Waals surface area contributed by atoms with Crippen LogP contribution >= 0.6 is 0 Å². The zero-order chi connectivity index (χ0) is 27.5. The van der Waals surface area contributed by atoms with Gasteiger partial charge in [-0.2, -0.15) is 0 Å². The lowest BCUT2D eigenvalue weighted by molar-refractivity contribution is -0.175. The smallest absolute Gasteiger partial charge is 0.235 e. The van der Waals surface area contributed by atoms with Crippen LogP contribution in [0.2, 0.25) is 0 Å². The van der Waals surface area contributed by atoms with Crippen LogP contribution in [0.5, 0.6) is 5.75 Å². The van der Waals surface area contributed by atoms with Gasteiger partial charge in [-0.05, 0) is 47.1 Å². The van der Waals surface area contributed by atoms with E-state index in [2.05, 4.69) is 5.32 Å². The predicted molar refractivity (Wildman–Crippen MR) is 131 cm³/mol. The Morgan fingerprint density at radius 1 is 1.03 bits per heavy atom. The monoisotopic (exact) mass is 518 g/mol. The number of nitrogens with one attached hydrogen (secondary N) is 1. The lowest BCUT2D eigenvalue weighted by atomic mass is 9.53. The van der Waals surface area contributed by atoms with Crippen molar-refractivity contribution in [2.75, 3.05) is 0 Å². The van der Waals surface area contributed by atoms with Gasteiger partial charge in [0.1, 0.15) is 5.75 Å². The molecule has 2 aromatic carbocycles. The predicted octanol–water partition coefficient (Wildman–Crippen LogP) is 0.630. The van der Waals surface area contributed by atoms with Crippen molar-refractivity contribution in [1.82, 2.24) is 5.32 Å². The summed E-state index contributed by atoms with van der Waals surface area (Å²) in [5.41, 5.74) is 5.32. The van der Waals surface area contributed by atoms with Crippen LogP contribution in [0.15, 0.2) is 36.4 Å². The molecule has 0 saturated heterocycles. The quantitative estimate of drug-likeness (QED) is 0.425. The molecule has 2 fully saturated rings. The molecule has 2 saturated carbocycles. The van der Waals surface area contributed by atoms with Crippen molar-refractivity contribution in [3.63, 3.8) is 0 Å². The Kier molecular flexibility index (Phi) is 6.02. The first-order chi connectivity index (χ1) is 17.9. The van der Waals surface area contributed by atoms with E-state index in [4.69, 9.17) is 5.73 Å². The number of carbonyl (C=O) groups excluding carboxylic acids is 6. The van der Waals surface area contributed by atoms with Gasteiger partial charge in [-0.15, -0.1) is 0 Å². The van der Waals surface area contributed by atoms with Gasteiger partial charge in [0.2, 0.25) is 11.8 Å². The van der Waals surface area contributed by atoms with Gasteiger partial charge in [0.25, 0.3) is 0 Å². The topological polar surface area (TPSA) is 181 Å². The lowest BCUT2D eigenvalue weighted by Crippen LogP contribution is -2.68. The zero-order valence-electron chi connectivity index (χ0n) is 20.5. The first-order valence-corrected chi connectivity index (χ1v) is 12.3. The summed E-state index contributed by atoms with van der Waals surface area (Å²) in [6.45, 7) is 1.78. The summed E-state index contributed by atoms with van der Waals surface area (Å²) in [7, 11) is 0. The highest BCUT2D eigenvalue weighted by Crippen LogP contribution is 2.51. The fourth-order valence-corrected chi connectivity index (χ4v) is 6.27. The normalized spacial score (nSPS) is 28.3. The molecule has 2 aromatic rings. The van der Waals surface area contributed by atoms with E-state index in [1.807, 2.05) is 24.3 Å². The van der Waals surface area contributed by atoms with Gasteiger partial charge in [0, 0.05) is 25.8 Å². The fraction of sp³-hybridized carbons (Fsp3) is 0.357. The summed E-state index contributed by atoms with van der Waals surface area (Å²) in [6.07, 6.45) is -0.149. The van der Waals surface area contributed by atoms with Crippen LogP contribution in [0.25, 0.3) is 11.1 Å². The summed E-state index contributed by atoms with van der Waals surface area (Å²) in [5, 5.41) is 24.6. The number of rotatable bonds is 4. The van der Waals surface area contributed by atoms with E-state index in [-0.39, 0.29) is 36.5 Å². The molecule has 5 N–H and O–H groups in total. The Bertz CT molecular complexity index is 1430. The lowest BCUT2D eigenvalue weighted by Gasteiger charge is -2.48. The van der Waals surface area contributed by atoms with Crippen molar-refractivity contribution < 1.29 is 39.0 Å². The number of ketones is 4. The number of phenolic OH excluding ortho intramolecular Hbond substituents is 1. The number of hydrogen-bond donors (Lipinski definition) is 4. The fourth-order valence-electron chi connectivity index (χ4n) is 6.27. The van der Waals surface area contributed by atoms with Crippen molar-refractivity contribution in [2.24, 2.45) is 29.4 Å². The summed E-state index contributed by atoms with van der Waals surface area (Å²) < 4.78 is 0. The number of benzene rings is 2. The van der Waals surface area contributed by atoms with E-state index in [0.29, 0.717) is 17.7 Å². The maximum Gasteiger partial charge on any atom is 0.235 e. The highest BCUT2D eigenvalue weighted by atomic mass is 16.3. The van der Waals surface area contributed by atoms with Gasteiger partial charge in [-0.1, -0.05) is 30.3 Å². The second-order valence-electron chi connectivity index (χ2n) is 10.3. The average molecular weight is 519 g/mol. The molecule has 0 heterocycles. The summed E-state index contributed by atoms with van der Waals surface area (Å²) >= 11 is 0. The van der Waals surface area contributed by atoms with E-state index in [9.17, 15) is 39.0 Å².